The number of thiophene rings is 1. The molecule has 0 bridgehead atoms. The molecule has 3 nitrogen and oxygen atoms in total. The Balaban J connectivity index is 2.43. The molecular weight excluding hydrogens is 282 g/mol. The number of ether oxygens (including phenoxy) is 1. The van der Waals surface area contributed by atoms with Gasteiger partial charge in [-0.15, -0.1) is 11.3 Å². The molecule has 0 aliphatic heterocycles. The van der Waals surface area contributed by atoms with E-state index in [0.717, 1.165) is 16.4 Å². The Morgan fingerprint density at radius 3 is 2.57 bits per heavy atom. The Morgan fingerprint density at radius 1 is 1.24 bits per heavy atom. The van der Waals surface area contributed by atoms with Crippen LogP contribution in [0.2, 0.25) is 0 Å². The van der Waals surface area contributed by atoms with E-state index in [1.54, 1.807) is 6.07 Å². The zero-order valence-electron chi connectivity index (χ0n) is 12.1. The molecule has 0 radical (unpaired) electrons. The van der Waals surface area contributed by atoms with Crippen LogP contribution >= 0.6 is 11.3 Å². The Bertz CT molecular complexity index is 658. The van der Waals surface area contributed by atoms with E-state index in [0.29, 0.717) is 4.88 Å². The van der Waals surface area contributed by atoms with Crippen LogP contribution in [-0.2, 0) is 4.74 Å². The van der Waals surface area contributed by atoms with Crippen molar-refractivity contribution in [2.24, 2.45) is 0 Å². The topological polar surface area (TPSA) is 29.5 Å². The van der Waals surface area contributed by atoms with Crippen molar-refractivity contribution < 1.29 is 9.53 Å². The number of hydrogen-bond acceptors (Lipinski definition) is 4. The summed E-state index contributed by atoms with van der Waals surface area (Å²) < 4.78 is 4.76. The molecule has 1 aromatic carbocycles. The monoisotopic (exact) mass is 299 g/mol. The number of para-hydroxylation sites is 1. The number of rotatable bonds is 5. The molecule has 4 heteroatoms. The van der Waals surface area contributed by atoms with Crippen LogP contribution in [0.1, 0.15) is 16.6 Å². The summed E-state index contributed by atoms with van der Waals surface area (Å²) in [4.78, 5) is 14.2. The number of esters is 1. The summed E-state index contributed by atoms with van der Waals surface area (Å²) in [7, 11) is 1.38. The van der Waals surface area contributed by atoms with Crippen molar-refractivity contribution in [3.05, 3.63) is 71.8 Å². The number of methoxy groups -OCH3 is 1. The first-order chi connectivity index (χ1) is 10.2. The highest BCUT2D eigenvalue weighted by Gasteiger charge is 2.16. The molecule has 2 aromatic rings. The lowest BCUT2D eigenvalue weighted by Crippen LogP contribution is -2.12. The van der Waals surface area contributed by atoms with Crippen LogP contribution in [-0.4, -0.2) is 13.1 Å². The molecule has 21 heavy (non-hydrogen) atoms. The average Bonchev–Trinajstić information content (AvgIpc) is 2.97. The molecule has 0 N–H and O–H groups in total. The highest BCUT2D eigenvalue weighted by atomic mass is 32.1. The zero-order chi connectivity index (χ0) is 15.2. The normalized spacial score (nSPS) is 10.6. The van der Waals surface area contributed by atoms with Gasteiger partial charge in [-0.3, -0.25) is 0 Å². The fourth-order valence-corrected chi connectivity index (χ4v) is 2.91. The number of nitrogens with zero attached hydrogens (tertiary/aromatic N) is 1. The Kier molecular flexibility index (Phi) is 4.95. The summed E-state index contributed by atoms with van der Waals surface area (Å²) in [6.45, 7) is 6.05. The standard InChI is InChI=1S/C17H17NO2S/c1-4-8-13(2)18(14-9-6-5-7-10-14)16-12-11-15(21-16)17(19)20-3/h4-12H,2H2,1,3H3/b8-4-. The minimum absolute atomic E-state index is 0.323. The van der Waals surface area contributed by atoms with E-state index in [9.17, 15) is 4.79 Å². The second-order valence-electron chi connectivity index (χ2n) is 4.29. The third kappa shape index (κ3) is 3.41. The van der Waals surface area contributed by atoms with Crippen molar-refractivity contribution in [1.82, 2.24) is 0 Å². The maximum absolute atomic E-state index is 11.6. The van der Waals surface area contributed by atoms with E-state index in [1.807, 2.05) is 60.4 Å². The van der Waals surface area contributed by atoms with Gasteiger partial charge in [0.15, 0.2) is 0 Å². The molecular formula is C17H17NO2S. The fourth-order valence-electron chi connectivity index (χ4n) is 1.94. The van der Waals surface area contributed by atoms with E-state index in [1.165, 1.54) is 18.4 Å². The van der Waals surface area contributed by atoms with E-state index in [-0.39, 0.29) is 5.97 Å². The quantitative estimate of drug-likeness (QED) is 0.588. The van der Waals surface area contributed by atoms with Crippen molar-refractivity contribution in [2.75, 3.05) is 12.0 Å². The smallest absolute Gasteiger partial charge is 0.348 e. The molecule has 2 rings (SSSR count). The third-order valence-corrected chi connectivity index (χ3v) is 3.91. The molecule has 0 aliphatic rings. The first-order valence-electron chi connectivity index (χ1n) is 6.52. The number of carbonyl (C=O) groups excluding carboxylic acids is 1. The van der Waals surface area contributed by atoms with E-state index < -0.39 is 0 Å². The van der Waals surface area contributed by atoms with Crippen LogP contribution in [0.15, 0.2) is 66.9 Å². The molecule has 0 saturated carbocycles. The molecule has 0 amide bonds. The zero-order valence-corrected chi connectivity index (χ0v) is 12.9. The molecule has 0 spiro atoms. The molecule has 108 valence electrons. The average molecular weight is 299 g/mol. The van der Waals surface area contributed by atoms with Gasteiger partial charge in [0.05, 0.1) is 7.11 Å². The van der Waals surface area contributed by atoms with Gasteiger partial charge in [-0.25, -0.2) is 4.79 Å². The van der Waals surface area contributed by atoms with Gasteiger partial charge in [-0.1, -0.05) is 30.9 Å². The lowest BCUT2D eigenvalue weighted by Gasteiger charge is -2.23. The van der Waals surface area contributed by atoms with E-state index >= 15 is 0 Å². The lowest BCUT2D eigenvalue weighted by atomic mass is 10.2. The summed E-state index contributed by atoms with van der Waals surface area (Å²) in [6, 6.07) is 13.6. The van der Waals surface area contributed by atoms with Gasteiger partial charge in [0.2, 0.25) is 0 Å². The molecule has 1 aromatic heterocycles. The maximum atomic E-state index is 11.6. The SMILES string of the molecule is C=C(/C=C\C)N(c1ccccc1)c1ccc(C(=O)OC)s1. The Hall–Kier alpha value is -2.33. The van der Waals surface area contributed by atoms with Crippen molar-refractivity contribution in [3.63, 3.8) is 0 Å². The van der Waals surface area contributed by atoms with E-state index in [2.05, 4.69) is 6.58 Å². The first kappa shape index (κ1) is 15.1. The molecule has 0 fully saturated rings. The number of anilines is 2. The van der Waals surface area contributed by atoms with E-state index in [4.69, 9.17) is 4.74 Å². The van der Waals surface area contributed by atoms with Crippen molar-refractivity contribution in [2.45, 2.75) is 6.92 Å². The summed E-state index contributed by atoms with van der Waals surface area (Å²) in [5, 5.41) is 0.921. The molecule has 0 unspecified atom stereocenters. The highest BCUT2D eigenvalue weighted by molar-refractivity contribution is 7.18. The van der Waals surface area contributed by atoms with Crippen LogP contribution in [0, 0.1) is 0 Å². The second-order valence-corrected chi connectivity index (χ2v) is 5.35. The number of allylic oxidation sites excluding steroid dienone is 2. The number of carbonyl (C=O) groups is 1. The summed E-state index contributed by atoms with van der Waals surface area (Å²) >= 11 is 1.38. The van der Waals surface area contributed by atoms with Gasteiger partial charge in [0, 0.05) is 11.4 Å². The summed E-state index contributed by atoms with van der Waals surface area (Å²) in [5.41, 5.74) is 1.83. The molecule has 0 atom stereocenters. The molecule has 1 heterocycles. The van der Waals surface area contributed by atoms with Crippen LogP contribution < -0.4 is 4.90 Å². The van der Waals surface area contributed by atoms with Gasteiger partial charge < -0.3 is 9.64 Å². The minimum Gasteiger partial charge on any atom is -0.465 e. The van der Waals surface area contributed by atoms with Gasteiger partial charge in [-0.2, -0.15) is 0 Å². The predicted molar refractivity (Wildman–Crippen MR) is 88.2 cm³/mol. The summed E-state index contributed by atoms with van der Waals surface area (Å²) in [5.74, 6) is -0.323. The Morgan fingerprint density at radius 2 is 1.95 bits per heavy atom. The van der Waals surface area contributed by atoms with Crippen LogP contribution in [0.25, 0.3) is 0 Å². The van der Waals surface area contributed by atoms with Crippen molar-refractivity contribution in [1.29, 1.82) is 0 Å². The van der Waals surface area contributed by atoms with Crippen LogP contribution in [0.5, 0.6) is 0 Å². The van der Waals surface area contributed by atoms with Gasteiger partial charge in [0.1, 0.15) is 9.88 Å². The maximum Gasteiger partial charge on any atom is 0.348 e. The van der Waals surface area contributed by atoms with Gasteiger partial charge in [0.25, 0.3) is 0 Å². The summed E-state index contributed by atoms with van der Waals surface area (Å²) in [6.07, 6.45) is 3.87. The predicted octanol–water partition coefficient (Wildman–Crippen LogP) is 4.76. The Labute approximate surface area is 128 Å². The number of benzene rings is 1. The second kappa shape index (κ2) is 6.90. The van der Waals surface area contributed by atoms with Gasteiger partial charge in [-0.05, 0) is 37.3 Å². The molecule has 0 saturated heterocycles. The number of hydrogen-bond donors (Lipinski definition) is 0. The van der Waals surface area contributed by atoms with Gasteiger partial charge >= 0.3 is 5.97 Å². The fraction of sp³-hybridized carbons (Fsp3) is 0.118. The van der Waals surface area contributed by atoms with Crippen LogP contribution in [0.4, 0.5) is 10.7 Å². The minimum atomic E-state index is -0.323. The first-order valence-corrected chi connectivity index (χ1v) is 7.34. The molecule has 0 aliphatic carbocycles. The van der Waals surface area contributed by atoms with Crippen LogP contribution in [0.3, 0.4) is 0 Å². The van der Waals surface area contributed by atoms with Crippen molar-refractivity contribution in [3.8, 4) is 0 Å². The lowest BCUT2D eigenvalue weighted by molar-refractivity contribution is 0.0606. The largest absolute Gasteiger partial charge is 0.465 e. The highest BCUT2D eigenvalue weighted by Crippen LogP contribution is 2.35. The third-order valence-electron chi connectivity index (χ3n) is 2.86. The van der Waals surface area contributed by atoms with Crippen molar-refractivity contribution >= 4 is 28.0 Å².